The van der Waals surface area contributed by atoms with Gasteiger partial charge in [0.05, 0.1) is 11.3 Å². The van der Waals surface area contributed by atoms with Crippen LogP contribution in [0, 0.1) is 0 Å². The molecule has 26 heavy (non-hydrogen) atoms. The standard InChI is InChI=1S/C17H16N4O3S2/c1-10(22)18-11-4-3-5-12(8-11)19-14(23)9-26-17-20-13-6-7-25-15(13)16(24)21(17)2/h3-8H,9H2,1-2H3,(H,18,22)(H,19,23). The number of anilines is 2. The van der Waals surface area contributed by atoms with Gasteiger partial charge in [0.15, 0.2) is 5.16 Å². The quantitative estimate of drug-likeness (QED) is 0.518. The Labute approximate surface area is 157 Å². The first-order chi connectivity index (χ1) is 12.4. The summed E-state index contributed by atoms with van der Waals surface area (Å²) in [7, 11) is 1.64. The van der Waals surface area contributed by atoms with Crippen molar-refractivity contribution in [3.05, 3.63) is 46.1 Å². The predicted molar refractivity (Wildman–Crippen MR) is 105 cm³/mol. The lowest BCUT2D eigenvalue weighted by molar-refractivity contribution is -0.114. The molecule has 0 unspecified atom stereocenters. The Morgan fingerprint density at radius 2 is 1.96 bits per heavy atom. The van der Waals surface area contributed by atoms with Crippen molar-refractivity contribution < 1.29 is 9.59 Å². The fourth-order valence-electron chi connectivity index (χ4n) is 2.30. The number of hydrogen-bond acceptors (Lipinski definition) is 6. The molecule has 2 amide bonds. The Morgan fingerprint density at radius 3 is 2.69 bits per heavy atom. The average molecular weight is 388 g/mol. The fraction of sp³-hybridized carbons (Fsp3) is 0.176. The minimum absolute atomic E-state index is 0.111. The van der Waals surface area contributed by atoms with Crippen LogP contribution >= 0.6 is 23.1 Å². The van der Waals surface area contributed by atoms with E-state index in [1.807, 2.05) is 5.38 Å². The summed E-state index contributed by atoms with van der Waals surface area (Å²) < 4.78 is 2.06. The highest BCUT2D eigenvalue weighted by Crippen LogP contribution is 2.21. The van der Waals surface area contributed by atoms with Crippen LogP contribution < -0.4 is 16.2 Å². The number of carbonyl (C=O) groups excluding carboxylic acids is 2. The van der Waals surface area contributed by atoms with E-state index in [1.165, 1.54) is 34.6 Å². The Balaban J connectivity index is 1.67. The third-order valence-electron chi connectivity index (χ3n) is 3.45. The van der Waals surface area contributed by atoms with Crippen LogP contribution in [0.1, 0.15) is 6.92 Å². The van der Waals surface area contributed by atoms with Crippen molar-refractivity contribution in [2.75, 3.05) is 16.4 Å². The van der Waals surface area contributed by atoms with Gasteiger partial charge in [-0.1, -0.05) is 17.8 Å². The second kappa shape index (κ2) is 7.71. The summed E-state index contributed by atoms with van der Waals surface area (Å²) in [5.74, 6) is -0.296. The number of rotatable bonds is 5. The maximum atomic E-state index is 12.3. The van der Waals surface area contributed by atoms with E-state index in [4.69, 9.17) is 0 Å². The van der Waals surface area contributed by atoms with Gasteiger partial charge in [0.25, 0.3) is 5.56 Å². The zero-order chi connectivity index (χ0) is 18.7. The number of carbonyl (C=O) groups is 2. The molecule has 134 valence electrons. The van der Waals surface area contributed by atoms with Gasteiger partial charge < -0.3 is 10.6 Å². The van der Waals surface area contributed by atoms with Crippen molar-refractivity contribution in [2.24, 2.45) is 7.05 Å². The molecule has 9 heteroatoms. The molecular weight excluding hydrogens is 372 g/mol. The summed E-state index contributed by atoms with van der Waals surface area (Å²) in [6.07, 6.45) is 0. The van der Waals surface area contributed by atoms with Crippen molar-refractivity contribution in [3.8, 4) is 0 Å². The highest BCUT2D eigenvalue weighted by molar-refractivity contribution is 7.99. The Hall–Kier alpha value is -2.65. The second-order valence-electron chi connectivity index (χ2n) is 5.49. The van der Waals surface area contributed by atoms with Crippen LogP contribution in [0.25, 0.3) is 10.2 Å². The minimum atomic E-state index is -0.227. The van der Waals surface area contributed by atoms with E-state index in [0.29, 0.717) is 26.7 Å². The molecule has 3 rings (SSSR count). The molecule has 0 atom stereocenters. The average Bonchev–Trinajstić information content (AvgIpc) is 3.05. The van der Waals surface area contributed by atoms with Gasteiger partial charge in [-0.15, -0.1) is 11.3 Å². The van der Waals surface area contributed by atoms with Crippen molar-refractivity contribution in [3.63, 3.8) is 0 Å². The van der Waals surface area contributed by atoms with Crippen LogP contribution in [0.3, 0.4) is 0 Å². The summed E-state index contributed by atoms with van der Waals surface area (Å²) in [6.45, 7) is 1.42. The lowest BCUT2D eigenvalue weighted by atomic mass is 10.2. The predicted octanol–water partition coefficient (Wildman–Crippen LogP) is 2.68. The molecule has 2 aromatic heterocycles. The number of aromatic nitrogens is 2. The molecule has 0 aliphatic heterocycles. The number of hydrogen-bond donors (Lipinski definition) is 2. The van der Waals surface area contributed by atoms with E-state index in [9.17, 15) is 14.4 Å². The highest BCUT2D eigenvalue weighted by atomic mass is 32.2. The largest absolute Gasteiger partial charge is 0.326 e. The number of thioether (sulfide) groups is 1. The number of thiophene rings is 1. The van der Waals surface area contributed by atoms with Gasteiger partial charge in [-0.2, -0.15) is 0 Å². The monoisotopic (exact) mass is 388 g/mol. The van der Waals surface area contributed by atoms with E-state index in [-0.39, 0.29) is 23.1 Å². The molecule has 0 radical (unpaired) electrons. The Morgan fingerprint density at radius 1 is 1.23 bits per heavy atom. The van der Waals surface area contributed by atoms with Gasteiger partial charge in [0.1, 0.15) is 4.70 Å². The molecular formula is C17H16N4O3S2. The van der Waals surface area contributed by atoms with Crippen LogP contribution in [0.5, 0.6) is 0 Å². The first-order valence-corrected chi connectivity index (χ1v) is 9.55. The summed E-state index contributed by atoms with van der Waals surface area (Å²) >= 11 is 2.55. The van der Waals surface area contributed by atoms with Crippen LogP contribution in [-0.4, -0.2) is 27.1 Å². The Kier molecular flexibility index (Phi) is 5.38. The number of benzene rings is 1. The first-order valence-electron chi connectivity index (χ1n) is 7.68. The molecule has 0 spiro atoms. The van der Waals surface area contributed by atoms with Crippen LogP contribution in [0.4, 0.5) is 11.4 Å². The molecule has 0 saturated carbocycles. The minimum Gasteiger partial charge on any atom is -0.326 e. The topological polar surface area (TPSA) is 93.1 Å². The summed E-state index contributed by atoms with van der Waals surface area (Å²) in [5, 5.41) is 7.74. The van der Waals surface area contributed by atoms with E-state index in [1.54, 1.807) is 37.4 Å². The van der Waals surface area contributed by atoms with Gasteiger partial charge in [-0.25, -0.2) is 4.98 Å². The molecule has 0 fully saturated rings. The third kappa shape index (κ3) is 4.12. The maximum absolute atomic E-state index is 12.3. The van der Waals surface area contributed by atoms with Crippen LogP contribution in [0.2, 0.25) is 0 Å². The zero-order valence-electron chi connectivity index (χ0n) is 14.1. The van der Waals surface area contributed by atoms with Crippen molar-refractivity contribution in [2.45, 2.75) is 12.1 Å². The number of fused-ring (bicyclic) bond motifs is 1. The van der Waals surface area contributed by atoms with E-state index in [2.05, 4.69) is 15.6 Å². The summed E-state index contributed by atoms with van der Waals surface area (Å²) in [6, 6.07) is 8.68. The SMILES string of the molecule is CC(=O)Nc1cccc(NC(=O)CSc2nc3ccsc3c(=O)n2C)c1. The normalized spacial score (nSPS) is 10.7. The van der Waals surface area contributed by atoms with Gasteiger partial charge in [0, 0.05) is 25.3 Å². The van der Waals surface area contributed by atoms with Gasteiger partial charge in [-0.3, -0.25) is 19.0 Å². The summed E-state index contributed by atoms with van der Waals surface area (Å²) in [5.41, 5.74) is 1.71. The molecule has 3 aromatic rings. The lowest BCUT2D eigenvalue weighted by Gasteiger charge is -2.09. The van der Waals surface area contributed by atoms with E-state index < -0.39 is 0 Å². The molecule has 2 N–H and O–H groups in total. The van der Waals surface area contributed by atoms with Gasteiger partial charge in [0.2, 0.25) is 11.8 Å². The molecule has 7 nitrogen and oxygen atoms in total. The smallest absolute Gasteiger partial charge is 0.271 e. The fourth-order valence-corrected chi connectivity index (χ4v) is 3.88. The van der Waals surface area contributed by atoms with Crippen LogP contribution in [0.15, 0.2) is 45.7 Å². The second-order valence-corrected chi connectivity index (χ2v) is 7.35. The van der Waals surface area contributed by atoms with Gasteiger partial charge in [-0.05, 0) is 29.6 Å². The third-order valence-corrected chi connectivity index (χ3v) is 5.37. The zero-order valence-corrected chi connectivity index (χ0v) is 15.7. The molecule has 1 aromatic carbocycles. The molecule has 0 aliphatic rings. The highest BCUT2D eigenvalue weighted by Gasteiger charge is 2.12. The summed E-state index contributed by atoms with van der Waals surface area (Å²) in [4.78, 5) is 40.0. The van der Waals surface area contributed by atoms with Crippen molar-refractivity contribution >= 4 is 56.5 Å². The molecule has 2 heterocycles. The number of nitrogens with one attached hydrogen (secondary N) is 2. The number of nitrogens with zero attached hydrogens (tertiary/aromatic N) is 2. The van der Waals surface area contributed by atoms with Crippen molar-refractivity contribution in [1.29, 1.82) is 0 Å². The van der Waals surface area contributed by atoms with Gasteiger partial charge >= 0.3 is 0 Å². The van der Waals surface area contributed by atoms with E-state index in [0.717, 1.165) is 0 Å². The van der Waals surface area contributed by atoms with Crippen LogP contribution in [-0.2, 0) is 16.6 Å². The first kappa shape index (κ1) is 18.2. The maximum Gasteiger partial charge on any atom is 0.271 e. The molecule has 0 bridgehead atoms. The van der Waals surface area contributed by atoms with E-state index >= 15 is 0 Å². The Bertz CT molecular complexity index is 1040. The lowest BCUT2D eigenvalue weighted by Crippen LogP contribution is -2.20. The number of amides is 2. The molecule has 0 saturated heterocycles. The molecule has 0 aliphatic carbocycles. The van der Waals surface area contributed by atoms with Crippen molar-refractivity contribution in [1.82, 2.24) is 9.55 Å².